The monoisotopic (exact) mass is 435 g/mol. The lowest BCUT2D eigenvalue weighted by Gasteiger charge is -2.17. The van der Waals surface area contributed by atoms with Crippen LogP contribution in [0.2, 0.25) is 0 Å². The van der Waals surface area contributed by atoms with Gasteiger partial charge in [0.15, 0.2) is 5.65 Å². The zero-order valence-corrected chi connectivity index (χ0v) is 18.0. The lowest BCUT2D eigenvalue weighted by molar-refractivity contribution is 0.0786. The number of aliphatic hydroxyl groups is 1. The van der Waals surface area contributed by atoms with Gasteiger partial charge in [-0.05, 0) is 43.2 Å². The third-order valence-electron chi connectivity index (χ3n) is 4.71. The van der Waals surface area contributed by atoms with Gasteiger partial charge in [-0.25, -0.2) is 15.0 Å². The van der Waals surface area contributed by atoms with Crippen LogP contribution >= 0.6 is 11.3 Å². The van der Waals surface area contributed by atoms with Crippen molar-refractivity contribution in [3.05, 3.63) is 59.8 Å². The summed E-state index contributed by atoms with van der Waals surface area (Å²) in [6.45, 7) is 3.47. The van der Waals surface area contributed by atoms with Crippen LogP contribution in [0.25, 0.3) is 21.6 Å². The van der Waals surface area contributed by atoms with Crippen LogP contribution in [0.15, 0.2) is 48.7 Å². The molecule has 3 aromatic heterocycles. The fraction of sp³-hybridized carbons (Fsp3) is 0.182. The summed E-state index contributed by atoms with van der Waals surface area (Å²) in [5.74, 6) is 0.383. The average molecular weight is 436 g/mol. The second-order valence-electron chi connectivity index (χ2n) is 7.43. The van der Waals surface area contributed by atoms with E-state index in [2.05, 4.69) is 20.3 Å². The normalized spacial score (nSPS) is 11.5. The minimum Gasteiger partial charge on any atom is -0.480 e. The first-order chi connectivity index (χ1) is 14.7. The second-order valence-corrected chi connectivity index (χ2v) is 8.48. The van der Waals surface area contributed by atoms with Crippen molar-refractivity contribution in [2.45, 2.75) is 19.4 Å². The number of thiophene rings is 1. The maximum Gasteiger partial charge on any atom is 0.251 e. The Bertz CT molecular complexity index is 1260. The highest BCUT2D eigenvalue weighted by Crippen LogP contribution is 2.37. The molecule has 0 radical (unpaired) electrons. The number of primary amides is 1. The number of hydrogen-bond acceptors (Lipinski definition) is 8. The van der Waals surface area contributed by atoms with Gasteiger partial charge in [0.2, 0.25) is 5.88 Å². The minimum atomic E-state index is -0.923. The molecule has 0 aliphatic heterocycles. The highest BCUT2D eigenvalue weighted by molar-refractivity contribution is 7.19. The summed E-state index contributed by atoms with van der Waals surface area (Å²) in [7, 11) is 1.52. The molecular formula is C22H21N5O3S. The Kier molecular flexibility index (Phi) is 5.30. The number of fused-ring (bicyclic) bond motifs is 1. The van der Waals surface area contributed by atoms with E-state index in [1.165, 1.54) is 24.6 Å². The Labute approximate surface area is 182 Å². The standard InChI is InChI=1S/C22H21N5O3S/c1-22(2,29)13-6-4-12(5-7-13)16-10-14(19(23)28)21(31-16)27-17-9-8-15-20(26-17)24-11-18(25-15)30-3/h4-11,29H,1-3H3,(H2,23,28)(H,24,26,27). The van der Waals surface area contributed by atoms with Crippen molar-refractivity contribution >= 4 is 39.2 Å². The number of nitrogens with zero attached hydrogens (tertiary/aromatic N) is 3. The fourth-order valence-electron chi connectivity index (χ4n) is 3.02. The smallest absolute Gasteiger partial charge is 0.251 e. The SMILES string of the molecule is COc1cnc2nc(Nc3sc(-c4ccc(C(C)(C)O)cc4)cc3C(N)=O)ccc2n1. The molecular weight excluding hydrogens is 414 g/mol. The number of hydrogen-bond donors (Lipinski definition) is 3. The highest BCUT2D eigenvalue weighted by Gasteiger charge is 2.18. The number of carbonyl (C=O) groups excluding carboxylic acids is 1. The molecule has 0 spiro atoms. The number of anilines is 2. The third-order valence-corrected chi connectivity index (χ3v) is 5.81. The van der Waals surface area contributed by atoms with Gasteiger partial charge in [-0.15, -0.1) is 11.3 Å². The van der Waals surface area contributed by atoms with Gasteiger partial charge < -0.3 is 20.9 Å². The Balaban J connectivity index is 1.66. The van der Waals surface area contributed by atoms with Gasteiger partial charge in [-0.3, -0.25) is 4.79 Å². The number of aromatic nitrogens is 3. The predicted molar refractivity (Wildman–Crippen MR) is 121 cm³/mol. The largest absolute Gasteiger partial charge is 0.480 e. The first-order valence-electron chi connectivity index (χ1n) is 9.46. The molecule has 0 aliphatic carbocycles. The van der Waals surface area contributed by atoms with Gasteiger partial charge >= 0.3 is 0 Å². The number of methoxy groups -OCH3 is 1. The van der Waals surface area contributed by atoms with Crippen molar-refractivity contribution in [1.29, 1.82) is 0 Å². The number of rotatable bonds is 6. The van der Waals surface area contributed by atoms with Crippen molar-refractivity contribution in [3.8, 4) is 16.3 Å². The van der Waals surface area contributed by atoms with Crippen molar-refractivity contribution in [2.75, 3.05) is 12.4 Å². The molecule has 0 saturated carbocycles. The van der Waals surface area contributed by atoms with E-state index >= 15 is 0 Å². The lowest BCUT2D eigenvalue weighted by Crippen LogP contribution is -2.14. The molecule has 0 bridgehead atoms. The molecule has 1 amide bonds. The van der Waals surface area contributed by atoms with E-state index < -0.39 is 11.5 Å². The van der Waals surface area contributed by atoms with Crippen LogP contribution in [0.4, 0.5) is 10.8 Å². The molecule has 0 unspecified atom stereocenters. The van der Waals surface area contributed by atoms with Gasteiger partial charge in [0.1, 0.15) is 16.3 Å². The van der Waals surface area contributed by atoms with E-state index in [0.29, 0.717) is 33.4 Å². The Morgan fingerprint density at radius 1 is 1.16 bits per heavy atom. The number of amides is 1. The van der Waals surface area contributed by atoms with E-state index in [4.69, 9.17) is 10.5 Å². The molecule has 9 heteroatoms. The van der Waals surface area contributed by atoms with Crippen LogP contribution in [0.5, 0.6) is 5.88 Å². The maximum absolute atomic E-state index is 12.0. The third kappa shape index (κ3) is 4.32. The van der Waals surface area contributed by atoms with Crippen LogP contribution < -0.4 is 15.8 Å². The molecule has 4 N–H and O–H groups in total. The molecule has 8 nitrogen and oxygen atoms in total. The van der Waals surface area contributed by atoms with E-state index in [9.17, 15) is 9.90 Å². The van der Waals surface area contributed by atoms with E-state index in [0.717, 1.165) is 16.0 Å². The minimum absolute atomic E-state index is 0.370. The Morgan fingerprint density at radius 3 is 2.55 bits per heavy atom. The predicted octanol–water partition coefficient (Wildman–Crippen LogP) is 3.83. The maximum atomic E-state index is 12.0. The number of pyridine rings is 1. The zero-order valence-electron chi connectivity index (χ0n) is 17.2. The summed E-state index contributed by atoms with van der Waals surface area (Å²) in [6, 6.07) is 12.8. The van der Waals surface area contributed by atoms with Gasteiger partial charge in [-0.2, -0.15) is 0 Å². The van der Waals surface area contributed by atoms with Crippen LogP contribution in [-0.2, 0) is 5.60 Å². The van der Waals surface area contributed by atoms with Crippen molar-refractivity contribution in [2.24, 2.45) is 5.73 Å². The number of benzene rings is 1. The van der Waals surface area contributed by atoms with Crippen molar-refractivity contribution < 1.29 is 14.6 Å². The molecule has 158 valence electrons. The summed E-state index contributed by atoms with van der Waals surface area (Å²) in [4.78, 5) is 25.9. The molecule has 0 fully saturated rings. The molecule has 1 aromatic carbocycles. The number of ether oxygens (including phenoxy) is 1. The average Bonchev–Trinajstić information content (AvgIpc) is 3.17. The van der Waals surface area contributed by atoms with Crippen LogP contribution in [-0.4, -0.2) is 33.1 Å². The van der Waals surface area contributed by atoms with Crippen LogP contribution in [0.1, 0.15) is 29.8 Å². The van der Waals surface area contributed by atoms with E-state index in [1.54, 1.807) is 32.0 Å². The molecule has 4 aromatic rings. The Hall–Kier alpha value is -3.56. The van der Waals surface area contributed by atoms with Gasteiger partial charge in [0.05, 0.1) is 24.5 Å². The molecule has 0 aliphatic rings. The first kappa shape index (κ1) is 20.7. The summed E-state index contributed by atoms with van der Waals surface area (Å²) in [6.07, 6.45) is 1.49. The van der Waals surface area contributed by atoms with Crippen molar-refractivity contribution in [1.82, 2.24) is 15.0 Å². The fourth-order valence-corrected chi connectivity index (χ4v) is 4.10. The Morgan fingerprint density at radius 2 is 1.90 bits per heavy atom. The van der Waals surface area contributed by atoms with E-state index in [1.807, 2.05) is 24.3 Å². The highest BCUT2D eigenvalue weighted by atomic mass is 32.1. The molecule has 0 atom stereocenters. The van der Waals surface area contributed by atoms with Crippen LogP contribution in [0.3, 0.4) is 0 Å². The molecule has 0 saturated heterocycles. The van der Waals surface area contributed by atoms with Gasteiger partial charge in [0.25, 0.3) is 5.91 Å². The summed E-state index contributed by atoms with van der Waals surface area (Å²) >= 11 is 1.39. The van der Waals surface area contributed by atoms with Gasteiger partial charge in [0, 0.05) is 4.88 Å². The van der Waals surface area contributed by atoms with Crippen molar-refractivity contribution in [3.63, 3.8) is 0 Å². The van der Waals surface area contributed by atoms with Crippen LogP contribution in [0, 0.1) is 0 Å². The molecule has 31 heavy (non-hydrogen) atoms. The summed E-state index contributed by atoms with van der Waals surface area (Å²) in [5, 5.41) is 13.9. The quantitative estimate of drug-likeness (QED) is 0.420. The second kappa shape index (κ2) is 7.93. The first-order valence-corrected chi connectivity index (χ1v) is 10.3. The zero-order chi connectivity index (χ0) is 22.2. The summed E-state index contributed by atoms with van der Waals surface area (Å²) in [5.41, 5.74) is 7.81. The lowest BCUT2D eigenvalue weighted by atomic mass is 9.97. The van der Waals surface area contributed by atoms with E-state index in [-0.39, 0.29) is 0 Å². The summed E-state index contributed by atoms with van der Waals surface area (Å²) < 4.78 is 5.08. The van der Waals surface area contributed by atoms with Gasteiger partial charge in [-0.1, -0.05) is 24.3 Å². The number of carbonyl (C=O) groups is 1. The number of nitrogens with one attached hydrogen (secondary N) is 1. The molecule has 4 rings (SSSR count). The molecule has 3 heterocycles. The number of nitrogens with two attached hydrogens (primary N) is 1. The topological polar surface area (TPSA) is 123 Å².